The van der Waals surface area contributed by atoms with E-state index in [0.29, 0.717) is 13.0 Å². The Morgan fingerprint density at radius 3 is 2.78 bits per heavy atom. The maximum atomic E-state index is 11.7. The molecule has 0 fully saturated rings. The van der Waals surface area contributed by atoms with Crippen molar-refractivity contribution in [3.05, 3.63) is 16.3 Å². The summed E-state index contributed by atoms with van der Waals surface area (Å²) in [5, 5.41) is 1.62. The van der Waals surface area contributed by atoms with Crippen LogP contribution in [0.25, 0.3) is 0 Å². The Balaban J connectivity index is 2.72. The molecule has 0 atom stereocenters. The van der Waals surface area contributed by atoms with Crippen LogP contribution in [-0.2, 0) is 19.5 Å². The van der Waals surface area contributed by atoms with Crippen LogP contribution in [0.3, 0.4) is 0 Å². The van der Waals surface area contributed by atoms with E-state index >= 15 is 0 Å². The molecule has 18 heavy (non-hydrogen) atoms. The number of anilines is 1. The van der Waals surface area contributed by atoms with E-state index in [-0.39, 0.29) is 16.3 Å². The number of rotatable bonds is 7. The van der Waals surface area contributed by atoms with Gasteiger partial charge in [-0.2, -0.15) is 0 Å². The Hall–Kier alpha value is -1.12. The largest absolute Gasteiger partial charge is 0.465 e. The number of ether oxygens (including phenoxy) is 2. The fourth-order valence-corrected chi connectivity index (χ4v) is 3.19. The van der Waals surface area contributed by atoms with E-state index in [9.17, 15) is 13.2 Å². The van der Waals surface area contributed by atoms with Crippen molar-refractivity contribution >= 4 is 33.0 Å². The minimum absolute atomic E-state index is 0.0582. The quantitative estimate of drug-likeness (QED) is 0.605. The van der Waals surface area contributed by atoms with Crippen LogP contribution >= 0.6 is 11.3 Å². The van der Waals surface area contributed by atoms with Gasteiger partial charge < -0.3 is 9.47 Å². The standard InChI is InChI=1S/C10H15NO5S2/c1-15-5-3-7-18(13,14)11-8-4-6-17-9(8)10(12)16-2/h4,6,11H,3,5,7H2,1-2H3. The summed E-state index contributed by atoms with van der Waals surface area (Å²) in [7, 11) is -0.715. The van der Waals surface area contributed by atoms with Crippen molar-refractivity contribution in [2.24, 2.45) is 0 Å². The third kappa shape index (κ3) is 4.28. The predicted octanol–water partition coefficient (Wildman–Crippen LogP) is 1.31. The highest BCUT2D eigenvalue weighted by Crippen LogP contribution is 2.24. The van der Waals surface area contributed by atoms with Gasteiger partial charge >= 0.3 is 5.97 Å². The molecule has 1 N–H and O–H groups in total. The molecule has 1 aromatic heterocycles. The maximum absolute atomic E-state index is 11.7. The lowest BCUT2D eigenvalue weighted by Crippen LogP contribution is -2.18. The van der Waals surface area contributed by atoms with Gasteiger partial charge in [0, 0.05) is 13.7 Å². The smallest absolute Gasteiger partial charge is 0.350 e. The van der Waals surface area contributed by atoms with Crippen LogP contribution in [-0.4, -0.2) is 41.0 Å². The number of carbonyl (C=O) groups excluding carboxylic acids is 1. The molecule has 0 bridgehead atoms. The van der Waals surface area contributed by atoms with Gasteiger partial charge in [-0.15, -0.1) is 11.3 Å². The second-order valence-corrected chi connectivity index (χ2v) is 6.18. The first kappa shape index (κ1) is 14.9. The van der Waals surface area contributed by atoms with Crippen LogP contribution in [0.4, 0.5) is 5.69 Å². The van der Waals surface area contributed by atoms with Gasteiger partial charge in [0.25, 0.3) is 0 Å². The number of esters is 1. The molecular formula is C10H15NO5S2. The van der Waals surface area contributed by atoms with E-state index in [2.05, 4.69) is 9.46 Å². The summed E-state index contributed by atoms with van der Waals surface area (Å²) < 4.78 is 35.2. The van der Waals surface area contributed by atoms with Gasteiger partial charge in [-0.1, -0.05) is 0 Å². The van der Waals surface area contributed by atoms with Gasteiger partial charge in [-0.3, -0.25) is 4.72 Å². The molecule has 102 valence electrons. The minimum Gasteiger partial charge on any atom is -0.465 e. The molecule has 1 aromatic rings. The molecule has 0 saturated carbocycles. The molecule has 0 amide bonds. The second kappa shape index (κ2) is 6.72. The zero-order valence-corrected chi connectivity index (χ0v) is 11.8. The Morgan fingerprint density at radius 2 is 2.17 bits per heavy atom. The average molecular weight is 293 g/mol. The predicted molar refractivity (Wildman–Crippen MR) is 69.6 cm³/mol. The second-order valence-electron chi connectivity index (χ2n) is 3.42. The summed E-state index contributed by atoms with van der Waals surface area (Å²) in [5.41, 5.74) is 0.254. The molecule has 0 saturated heterocycles. The average Bonchev–Trinajstić information content (AvgIpc) is 2.75. The third-order valence-corrected chi connectivity index (χ3v) is 4.31. The molecular weight excluding hydrogens is 278 g/mol. The molecule has 0 unspecified atom stereocenters. The Bertz CT molecular complexity index is 494. The Labute approximate surface area is 110 Å². The fourth-order valence-electron chi connectivity index (χ4n) is 1.25. The Kier molecular flexibility index (Phi) is 5.57. The van der Waals surface area contributed by atoms with E-state index in [1.54, 1.807) is 5.38 Å². The van der Waals surface area contributed by atoms with E-state index in [0.717, 1.165) is 11.3 Å². The van der Waals surface area contributed by atoms with Crippen molar-refractivity contribution < 1.29 is 22.7 Å². The van der Waals surface area contributed by atoms with Crippen molar-refractivity contribution in [2.75, 3.05) is 31.3 Å². The lowest BCUT2D eigenvalue weighted by molar-refractivity contribution is 0.0607. The zero-order chi connectivity index (χ0) is 13.6. The van der Waals surface area contributed by atoms with E-state index in [4.69, 9.17) is 4.74 Å². The van der Waals surface area contributed by atoms with Crippen molar-refractivity contribution in [3.63, 3.8) is 0 Å². The van der Waals surface area contributed by atoms with Gasteiger partial charge in [0.1, 0.15) is 4.88 Å². The lowest BCUT2D eigenvalue weighted by Gasteiger charge is -2.07. The number of carbonyl (C=O) groups is 1. The van der Waals surface area contributed by atoms with E-state index < -0.39 is 16.0 Å². The topological polar surface area (TPSA) is 81.7 Å². The molecule has 1 heterocycles. The van der Waals surface area contributed by atoms with E-state index in [1.807, 2.05) is 0 Å². The van der Waals surface area contributed by atoms with Gasteiger partial charge in [0.05, 0.1) is 18.6 Å². The minimum atomic E-state index is -3.47. The molecule has 0 radical (unpaired) electrons. The summed E-state index contributed by atoms with van der Waals surface area (Å²) >= 11 is 1.13. The van der Waals surface area contributed by atoms with Crippen LogP contribution in [0, 0.1) is 0 Å². The molecule has 0 aliphatic heterocycles. The highest BCUT2D eigenvalue weighted by molar-refractivity contribution is 7.92. The van der Waals surface area contributed by atoms with Crippen molar-refractivity contribution in [2.45, 2.75) is 6.42 Å². The van der Waals surface area contributed by atoms with Crippen LogP contribution in [0.1, 0.15) is 16.1 Å². The van der Waals surface area contributed by atoms with Crippen molar-refractivity contribution in [1.29, 1.82) is 0 Å². The number of nitrogens with one attached hydrogen (secondary N) is 1. The lowest BCUT2D eigenvalue weighted by atomic mass is 10.4. The van der Waals surface area contributed by atoms with Gasteiger partial charge in [-0.05, 0) is 17.9 Å². The summed E-state index contributed by atoms with van der Waals surface area (Å²) in [4.78, 5) is 11.6. The van der Waals surface area contributed by atoms with Crippen LogP contribution in [0.2, 0.25) is 0 Å². The number of methoxy groups -OCH3 is 2. The number of sulfonamides is 1. The normalized spacial score (nSPS) is 11.2. The monoisotopic (exact) mass is 293 g/mol. The molecule has 0 spiro atoms. The van der Waals surface area contributed by atoms with Crippen LogP contribution in [0.5, 0.6) is 0 Å². The molecule has 1 rings (SSSR count). The van der Waals surface area contributed by atoms with E-state index in [1.165, 1.54) is 20.3 Å². The molecule has 0 aliphatic rings. The highest BCUT2D eigenvalue weighted by Gasteiger charge is 2.18. The van der Waals surface area contributed by atoms with Crippen LogP contribution in [0.15, 0.2) is 11.4 Å². The zero-order valence-electron chi connectivity index (χ0n) is 10.1. The maximum Gasteiger partial charge on any atom is 0.350 e. The van der Waals surface area contributed by atoms with Crippen molar-refractivity contribution in [1.82, 2.24) is 0 Å². The third-order valence-electron chi connectivity index (χ3n) is 2.06. The molecule has 0 aliphatic carbocycles. The van der Waals surface area contributed by atoms with Crippen LogP contribution < -0.4 is 4.72 Å². The summed E-state index contributed by atoms with van der Waals surface area (Å²) in [6.45, 7) is 0.369. The molecule has 6 nitrogen and oxygen atoms in total. The first-order valence-electron chi connectivity index (χ1n) is 5.15. The molecule has 0 aromatic carbocycles. The highest BCUT2D eigenvalue weighted by atomic mass is 32.2. The number of hydrogen-bond acceptors (Lipinski definition) is 6. The number of thiophene rings is 1. The first-order valence-corrected chi connectivity index (χ1v) is 7.68. The Morgan fingerprint density at radius 1 is 1.44 bits per heavy atom. The SMILES string of the molecule is COCCCS(=O)(=O)Nc1ccsc1C(=O)OC. The van der Waals surface area contributed by atoms with Gasteiger partial charge in [0.2, 0.25) is 10.0 Å². The number of hydrogen-bond donors (Lipinski definition) is 1. The van der Waals surface area contributed by atoms with Gasteiger partial charge in [0.15, 0.2) is 0 Å². The summed E-state index contributed by atoms with van der Waals surface area (Å²) in [6, 6.07) is 1.53. The summed E-state index contributed by atoms with van der Waals surface area (Å²) in [5.74, 6) is -0.614. The summed E-state index contributed by atoms with van der Waals surface area (Å²) in [6.07, 6.45) is 0.392. The van der Waals surface area contributed by atoms with Gasteiger partial charge in [-0.25, -0.2) is 13.2 Å². The fraction of sp³-hybridized carbons (Fsp3) is 0.500. The van der Waals surface area contributed by atoms with Crippen molar-refractivity contribution in [3.8, 4) is 0 Å². The molecule has 8 heteroatoms. The first-order chi connectivity index (χ1) is 8.50.